The highest BCUT2D eigenvalue weighted by atomic mass is 35.5. The highest BCUT2D eigenvalue weighted by Gasteiger charge is 2.36. The number of fused-ring (bicyclic) bond motifs is 1. The minimum absolute atomic E-state index is 0.164. The number of carbonyl (C=O) groups excluding carboxylic acids is 3. The Labute approximate surface area is 252 Å². The Kier molecular flexibility index (Phi) is 7.89. The van der Waals surface area contributed by atoms with E-state index in [-0.39, 0.29) is 12.2 Å². The lowest BCUT2D eigenvalue weighted by atomic mass is 10.1. The average molecular weight is 589 g/mol. The summed E-state index contributed by atoms with van der Waals surface area (Å²) in [5.41, 5.74) is 2.63. The van der Waals surface area contributed by atoms with Gasteiger partial charge in [-0.2, -0.15) is 0 Å². The number of benzene rings is 5. The lowest BCUT2D eigenvalue weighted by Gasteiger charge is -2.26. The number of anilines is 1. The van der Waals surface area contributed by atoms with Crippen LogP contribution in [0.1, 0.15) is 16.7 Å². The van der Waals surface area contributed by atoms with E-state index in [2.05, 4.69) is 23.5 Å². The largest absolute Gasteiger partial charge is 0.489 e. The molecule has 0 unspecified atom stereocenters. The zero-order chi connectivity index (χ0) is 29.8. The van der Waals surface area contributed by atoms with Gasteiger partial charge in [-0.25, -0.2) is 9.69 Å². The van der Waals surface area contributed by atoms with E-state index in [0.29, 0.717) is 34.4 Å². The summed E-state index contributed by atoms with van der Waals surface area (Å²) in [5.74, 6) is -0.316. The van der Waals surface area contributed by atoms with Gasteiger partial charge in [0.2, 0.25) is 0 Å². The number of barbiturate groups is 1. The van der Waals surface area contributed by atoms with E-state index >= 15 is 0 Å². The highest BCUT2D eigenvalue weighted by molar-refractivity contribution is 6.39. The number of nitrogens with one attached hydrogen (secondary N) is 1. The van der Waals surface area contributed by atoms with E-state index < -0.39 is 17.8 Å². The standard InChI is InChI=1S/C35H25ClN2O5/c36-32-11-4-2-7-26(32)22-43-29-18-14-27(15-19-29)38-34(40)31(33(39)37-35(38)41)20-23-12-16-28(17-13-23)42-21-25-9-5-8-24-6-1-3-10-30(24)25/h1-20H,21-22H2,(H,37,39,41)/b31-20+. The first-order chi connectivity index (χ1) is 21.0. The fourth-order valence-corrected chi connectivity index (χ4v) is 4.96. The van der Waals surface area contributed by atoms with Crippen LogP contribution < -0.4 is 19.7 Å². The summed E-state index contributed by atoms with van der Waals surface area (Å²) < 4.78 is 11.8. The number of nitrogens with zero attached hydrogens (tertiary/aromatic N) is 1. The third-order valence-electron chi connectivity index (χ3n) is 7.01. The Morgan fingerprint density at radius 3 is 2.02 bits per heavy atom. The molecule has 1 aliphatic heterocycles. The molecule has 1 fully saturated rings. The number of hydrogen-bond acceptors (Lipinski definition) is 5. The van der Waals surface area contributed by atoms with Gasteiger partial charge in [0, 0.05) is 10.6 Å². The van der Waals surface area contributed by atoms with E-state index in [4.69, 9.17) is 21.1 Å². The number of imide groups is 2. The molecule has 0 saturated carbocycles. The van der Waals surface area contributed by atoms with Crippen molar-refractivity contribution in [1.29, 1.82) is 0 Å². The van der Waals surface area contributed by atoms with E-state index in [1.807, 2.05) is 42.5 Å². The Hall–Kier alpha value is -5.40. The summed E-state index contributed by atoms with van der Waals surface area (Å²) >= 11 is 6.19. The SMILES string of the molecule is O=C1NC(=O)N(c2ccc(OCc3ccccc3Cl)cc2)C(=O)/C1=C/c1ccc(OCc2cccc3ccccc23)cc1. The molecule has 1 heterocycles. The fourth-order valence-electron chi connectivity index (χ4n) is 4.77. The predicted octanol–water partition coefficient (Wildman–Crippen LogP) is 7.32. The molecule has 8 heteroatoms. The minimum atomic E-state index is -0.825. The average Bonchev–Trinajstić information content (AvgIpc) is 3.03. The second kappa shape index (κ2) is 12.2. The van der Waals surface area contributed by atoms with Crippen molar-refractivity contribution < 1.29 is 23.9 Å². The van der Waals surface area contributed by atoms with Gasteiger partial charge in [-0.3, -0.25) is 14.9 Å². The number of ether oxygens (including phenoxy) is 2. The van der Waals surface area contributed by atoms with Crippen LogP contribution in [0.25, 0.3) is 16.8 Å². The van der Waals surface area contributed by atoms with Crippen LogP contribution in [0, 0.1) is 0 Å². The van der Waals surface area contributed by atoms with Gasteiger partial charge in [0.15, 0.2) is 0 Å². The Morgan fingerprint density at radius 1 is 0.674 bits per heavy atom. The molecule has 0 atom stereocenters. The van der Waals surface area contributed by atoms with Crippen molar-refractivity contribution in [3.8, 4) is 11.5 Å². The Bertz CT molecular complexity index is 1860. The molecule has 4 amide bonds. The van der Waals surface area contributed by atoms with Crippen molar-refractivity contribution in [2.45, 2.75) is 13.2 Å². The highest BCUT2D eigenvalue weighted by Crippen LogP contribution is 2.26. The van der Waals surface area contributed by atoms with Gasteiger partial charge in [-0.15, -0.1) is 0 Å². The molecule has 1 N–H and O–H groups in total. The summed E-state index contributed by atoms with van der Waals surface area (Å²) in [5, 5.41) is 5.12. The van der Waals surface area contributed by atoms with E-state index in [0.717, 1.165) is 26.8 Å². The number of halogens is 1. The number of rotatable bonds is 8. The minimum Gasteiger partial charge on any atom is -0.489 e. The molecule has 212 valence electrons. The van der Waals surface area contributed by atoms with Gasteiger partial charge in [0.05, 0.1) is 5.69 Å². The number of hydrogen-bond donors (Lipinski definition) is 1. The molecular formula is C35H25ClN2O5. The third kappa shape index (κ3) is 6.12. The molecule has 0 aromatic heterocycles. The number of urea groups is 1. The molecule has 1 saturated heterocycles. The third-order valence-corrected chi connectivity index (χ3v) is 7.38. The quantitative estimate of drug-likeness (QED) is 0.152. The summed E-state index contributed by atoms with van der Waals surface area (Å²) in [6, 6.07) is 34.2. The van der Waals surface area contributed by atoms with Crippen molar-refractivity contribution >= 4 is 52.0 Å². The Morgan fingerprint density at radius 2 is 1.28 bits per heavy atom. The number of amides is 4. The molecule has 43 heavy (non-hydrogen) atoms. The molecule has 7 nitrogen and oxygen atoms in total. The maximum atomic E-state index is 13.3. The van der Waals surface area contributed by atoms with Crippen LogP contribution in [0.2, 0.25) is 5.02 Å². The van der Waals surface area contributed by atoms with E-state index in [1.54, 1.807) is 54.6 Å². The first-order valence-corrected chi connectivity index (χ1v) is 13.9. The summed E-state index contributed by atoms with van der Waals surface area (Å²) in [6.07, 6.45) is 1.45. The molecule has 0 radical (unpaired) electrons. The fraction of sp³-hybridized carbons (Fsp3) is 0.0571. The van der Waals surface area contributed by atoms with Gasteiger partial charge in [0.25, 0.3) is 11.8 Å². The maximum absolute atomic E-state index is 13.3. The molecule has 5 aromatic rings. The summed E-state index contributed by atoms with van der Waals surface area (Å²) in [4.78, 5) is 39.5. The van der Waals surface area contributed by atoms with E-state index in [1.165, 1.54) is 6.08 Å². The molecule has 0 aliphatic carbocycles. The lowest BCUT2D eigenvalue weighted by Crippen LogP contribution is -2.54. The predicted molar refractivity (Wildman–Crippen MR) is 166 cm³/mol. The first kappa shape index (κ1) is 27.8. The Balaban J connectivity index is 1.14. The van der Waals surface area contributed by atoms with Crippen molar-refractivity contribution in [2.75, 3.05) is 4.90 Å². The normalized spacial score (nSPS) is 14.2. The van der Waals surface area contributed by atoms with Crippen molar-refractivity contribution in [1.82, 2.24) is 5.32 Å². The van der Waals surface area contributed by atoms with Crippen molar-refractivity contribution in [2.24, 2.45) is 0 Å². The molecule has 5 aromatic carbocycles. The zero-order valence-electron chi connectivity index (χ0n) is 22.8. The van der Waals surface area contributed by atoms with Crippen LogP contribution in [0.3, 0.4) is 0 Å². The smallest absolute Gasteiger partial charge is 0.335 e. The van der Waals surface area contributed by atoms with Gasteiger partial charge >= 0.3 is 6.03 Å². The molecule has 0 spiro atoms. The lowest BCUT2D eigenvalue weighted by molar-refractivity contribution is -0.122. The second-order valence-electron chi connectivity index (χ2n) is 9.83. The zero-order valence-corrected chi connectivity index (χ0v) is 23.6. The van der Waals surface area contributed by atoms with Crippen LogP contribution in [-0.2, 0) is 22.8 Å². The molecular weight excluding hydrogens is 564 g/mol. The van der Waals surface area contributed by atoms with Crippen LogP contribution in [0.4, 0.5) is 10.5 Å². The van der Waals surface area contributed by atoms with Gasteiger partial charge in [-0.05, 0) is 70.4 Å². The summed E-state index contributed by atoms with van der Waals surface area (Å²) in [7, 11) is 0. The first-order valence-electron chi connectivity index (χ1n) is 13.5. The van der Waals surface area contributed by atoms with Crippen LogP contribution in [0.5, 0.6) is 11.5 Å². The van der Waals surface area contributed by atoms with E-state index in [9.17, 15) is 14.4 Å². The molecule has 6 rings (SSSR count). The maximum Gasteiger partial charge on any atom is 0.335 e. The second-order valence-corrected chi connectivity index (χ2v) is 10.2. The topological polar surface area (TPSA) is 84.9 Å². The van der Waals surface area contributed by atoms with Crippen LogP contribution in [0.15, 0.2) is 121 Å². The monoisotopic (exact) mass is 588 g/mol. The summed E-state index contributed by atoms with van der Waals surface area (Å²) in [6.45, 7) is 0.653. The van der Waals surface area contributed by atoms with Crippen molar-refractivity contribution in [3.63, 3.8) is 0 Å². The molecule has 1 aliphatic rings. The van der Waals surface area contributed by atoms with Crippen LogP contribution in [-0.4, -0.2) is 17.8 Å². The molecule has 0 bridgehead atoms. The van der Waals surface area contributed by atoms with Gasteiger partial charge in [0.1, 0.15) is 30.3 Å². The van der Waals surface area contributed by atoms with Crippen molar-refractivity contribution in [3.05, 3.63) is 143 Å². The van der Waals surface area contributed by atoms with Gasteiger partial charge < -0.3 is 9.47 Å². The van der Waals surface area contributed by atoms with Crippen LogP contribution >= 0.6 is 11.6 Å². The van der Waals surface area contributed by atoms with Gasteiger partial charge in [-0.1, -0.05) is 84.4 Å². The number of carbonyl (C=O) groups is 3.